The van der Waals surface area contributed by atoms with Crippen LogP contribution in [0.1, 0.15) is 60.1 Å². The summed E-state index contributed by atoms with van der Waals surface area (Å²) in [6.45, 7) is 12.3. The van der Waals surface area contributed by atoms with E-state index in [9.17, 15) is 30.3 Å². The lowest BCUT2D eigenvalue weighted by atomic mass is 9.78. The minimum atomic E-state index is -1.81. The first kappa shape index (κ1) is 40.2. The first-order valence-corrected chi connectivity index (χ1v) is 20.0. The largest absolute Gasteiger partial charge is 0.448 e. The van der Waals surface area contributed by atoms with Gasteiger partial charge in [0.2, 0.25) is 0 Å². The number of hydrogen-bond acceptors (Lipinski definition) is 10. The number of nitrogens with one attached hydrogen (secondary N) is 2. The Kier molecular flexibility index (Phi) is 13.0. The molecule has 1 fully saturated rings. The first-order valence-electron chi connectivity index (χ1n) is 17.9. The summed E-state index contributed by atoms with van der Waals surface area (Å²) < 4.78 is 4.45. The third-order valence-corrected chi connectivity index (χ3v) is 13.4. The molecule has 0 amide bonds. The van der Waals surface area contributed by atoms with Crippen molar-refractivity contribution in [3.05, 3.63) is 60.3 Å². The lowest BCUT2D eigenvalue weighted by Gasteiger charge is -2.42. The Morgan fingerprint density at radius 3 is 2.27 bits per heavy atom. The fourth-order valence-electron chi connectivity index (χ4n) is 7.57. The number of esters is 1. The average Bonchev–Trinajstić information content (AvgIpc) is 3.47. The predicted molar refractivity (Wildman–Crippen MR) is 208 cm³/mol. The molecule has 0 unspecified atom stereocenters. The molecule has 0 bridgehead atoms. The van der Waals surface area contributed by atoms with Gasteiger partial charge in [-0.3, -0.25) is 9.69 Å². The summed E-state index contributed by atoms with van der Waals surface area (Å²) in [6.07, 6.45) is -2.95. The predicted octanol–water partition coefficient (Wildman–Crippen LogP) is 5.18. The van der Waals surface area contributed by atoms with Crippen molar-refractivity contribution < 1.29 is 35.1 Å². The van der Waals surface area contributed by atoms with E-state index in [1.54, 1.807) is 48.2 Å². The van der Waals surface area contributed by atoms with Crippen LogP contribution in [0.15, 0.2) is 64.4 Å². The molecule has 51 heavy (non-hydrogen) atoms. The normalized spacial score (nSPS) is 33.9. The van der Waals surface area contributed by atoms with Gasteiger partial charge < -0.3 is 40.6 Å². The van der Waals surface area contributed by atoms with E-state index >= 15 is 0 Å². The summed E-state index contributed by atoms with van der Waals surface area (Å²) in [6, 6.07) is 18.6. The van der Waals surface area contributed by atoms with Crippen LogP contribution in [0.3, 0.4) is 0 Å². The van der Waals surface area contributed by atoms with Crippen LogP contribution < -0.4 is 5.32 Å². The number of fused-ring (bicyclic) bond motifs is 5. The second kappa shape index (κ2) is 16.6. The smallest absolute Gasteiger partial charge is 0.312 e. The second-order valence-corrected chi connectivity index (χ2v) is 17.3. The lowest BCUT2D eigenvalue weighted by molar-refractivity contribution is -0.176. The van der Waals surface area contributed by atoms with E-state index in [1.165, 1.54) is 40.3 Å². The molecule has 0 saturated carbocycles. The molecule has 10 atom stereocenters. The number of benzene rings is 2. The summed E-state index contributed by atoms with van der Waals surface area (Å²) in [5.74, 6) is -2.76. The van der Waals surface area contributed by atoms with Gasteiger partial charge in [0.1, 0.15) is 11.7 Å². The van der Waals surface area contributed by atoms with E-state index in [1.807, 2.05) is 13.8 Å². The van der Waals surface area contributed by atoms with Gasteiger partial charge >= 0.3 is 5.97 Å². The van der Waals surface area contributed by atoms with Crippen molar-refractivity contribution in [2.75, 3.05) is 19.6 Å². The molecule has 2 aliphatic heterocycles. The van der Waals surface area contributed by atoms with E-state index < -0.39 is 57.5 Å². The Morgan fingerprint density at radius 2 is 1.59 bits per heavy atom. The van der Waals surface area contributed by atoms with Crippen LogP contribution in [0.25, 0.3) is 22.4 Å². The number of hydrogen-bond donors (Lipinski definition) is 7. The molecule has 1 saturated heterocycles. The van der Waals surface area contributed by atoms with Crippen LogP contribution in [0.5, 0.6) is 0 Å². The third kappa shape index (κ3) is 8.87. The molecule has 3 aromatic rings. The number of alkyl halides is 1. The number of aliphatic hydroxyl groups excluding tert-OH is 3. The number of H-pyrrole nitrogens is 1. The van der Waals surface area contributed by atoms with E-state index in [0.717, 1.165) is 17.8 Å². The van der Waals surface area contributed by atoms with Crippen molar-refractivity contribution in [2.45, 2.75) is 110 Å². The van der Waals surface area contributed by atoms with E-state index in [-0.39, 0.29) is 12.3 Å². The van der Waals surface area contributed by atoms with E-state index in [4.69, 9.17) is 4.74 Å². The number of carbonyl (C=O) groups excluding carboxylic acids is 1. The Labute approximate surface area is 319 Å². The van der Waals surface area contributed by atoms with Crippen LogP contribution in [-0.2, 0) is 16.1 Å². The van der Waals surface area contributed by atoms with Crippen LogP contribution in [0, 0.1) is 17.8 Å². The maximum Gasteiger partial charge on any atom is 0.312 e. The van der Waals surface area contributed by atoms with Crippen molar-refractivity contribution in [2.24, 2.45) is 17.8 Å². The summed E-state index contributed by atoms with van der Waals surface area (Å²) in [7, 11) is 0. The monoisotopic (exact) mass is 835 g/mol. The number of halogens is 1. The van der Waals surface area contributed by atoms with Gasteiger partial charge in [-0.05, 0) is 106 Å². The molecule has 10 nitrogen and oxygen atoms in total. The van der Waals surface area contributed by atoms with Gasteiger partial charge in [-0.15, -0.1) is 0 Å². The topological polar surface area (TPSA) is 159 Å². The zero-order chi connectivity index (χ0) is 37.2. The summed E-state index contributed by atoms with van der Waals surface area (Å²) >= 11 is 3.59. The maximum absolute atomic E-state index is 13.0. The van der Waals surface area contributed by atoms with Gasteiger partial charge in [0.15, 0.2) is 4.11 Å². The SMILES string of the molecule is C[C@H]1CN(CCCNCc2cc3c([nH]2)-c2ccccc2Sc2ccccc2-3)[C@H](C)[C@@H](O)[C@](C)(O)[C@@H](I)OC(=O)[C@H](C)[C@@H](O)[C@H](C)[C@@H](O)[C@](C)(O)C1. The molecule has 1 aromatic heterocycles. The minimum Gasteiger partial charge on any atom is -0.448 e. The average molecular weight is 836 g/mol. The zero-order valence-corrected chi connectivity index (χ0v) is 33.3. The molecule has 2 aromatic carbocycles. The highest BCUT2D eigenvalue weighted by Gasteiger charge is 2.47. The van der Waals surface area contributed by atoms with E-state index in [2.05, 4.69) is 69.8 Å². The van der Waals surface area contributed by atoms with Crippen molar-refractivity contribution in [3.63, 3.8) is 0 Å². The second-order valence-electron chi connectivity index (χ2n) is 15.1. The lowest BCUT2D eigenvalue weighted by Crippen LogP contribution is -2.58. The molecular formula is C39H54IN3O7S. The number of rotatable bonds is 6. The Bertz CT molecular complexity index is 1590. The Morgan fingerprint density at radius 1 is 0.961 bits per heavy atom. The summed E-state index contributed by atoms with van der Waals surface area (Å²) in [5.41, 5.74) is 2.41. The highest BCUT2D eigenvalue weighted by atomic mass is 127. The summed E-state index contributed by atoms with van der Waals surface area (Å²) in [5, 5.41) is 60.1. The van der Waals surface area contributed by atoms with Crippen molar-refractivity contribution in [3.8, 4) is 22.4 Å². The highest BCUT2D eigenvalue weighted by molar-refractivity contribution is 14.1. The molecule has 0 aliphatic carbocycles. The third-order valence-electron chi connectivity index (χ3n) is 10.7. The van der Waals surface area contributed by atoms with Crippen molar-refractivity contribution >= 4 is 40.3 Å². The van der Waals surface area contributed by atoms with Gasteiger partial charge in [0.25, 0.3) is 0 Å². The fourth-order valence-corrected chi connectivity index (χ4v) is 9.29. The van der Waals surface area contributed by atoms with Crippen LogP contribution in [0.4, 0.5) is 0 Å². The number of aliphatic hydroxyl groups is 5. The van der Waals surface area contributed by atoms with Gasteiger partial charge in [0, 0.05) is 51.7 Å². The molecule has 2 aliphatic rings. The number of carbonyl (C=O) groups is 1. The molecule has 12 heteroatoms. The summed E-state index contributed by atoms with van der Waals surface area (Å²) in [4.78, 5) is 21.2. The highest BCUT2D eigenvalue weighted by Crippen LogP contribution is 2.47. The fraction of sp³-hybridized carbons (Fsp3) is 0.564. The van der Waals surface area contributed by atoms with Crippen LogP contribution in [0.2, 0.25) is 0 Å². The van der Waals surface area contributed by atoms with Gasteiger partial charge in [-0.2, -0.15) is 0 Å². The maximum atomic E-state index is 13.0. The Hall–Kier alpha value is -2.01. The first-order chi connectivity index (χ1) is 24.0. The van der Waals surface area contributed by atoms with Crippen molar-refractivity contribution in [1.29, 1.82) is 0 Å². The molecular weight excluding hydrogens is 781 g/mol. The van der Waals surface area contributed by atoms with E-state index in [0.29, 0.717) is 26.2 Å². The zero-order valence-electron chi connectivity index (χ0n) is 30.3. The van der Waals surface area contributed by atoms with Gasteiger partial charge in [-0.1, -0.05) is 62.0 Å². The van der Waals surface area contributed by atoms with Gasteiger partial charge in [-0.25, -0.2) is 0 Å². The number of cyclic esters (lactones) is 1. The number of aromatic amines is 1. The van der Waals surface area contributed by atoms with Gasteiger partial charge in [0.05, 0.1) is 29.4 Å². The van der Waals surface area contributed by atoms with Crippen LogP contribution >= 0.6 is 34.4 Å². The van der Waals surface area contributed by atoms with Crippen LogP contribution in [-0.4, -0.2) is 101 Å². The van der Waals surface area contributed by atoms with Crippen molar-refractivity contribution in [1.82, 2.24) is 15.2 Å². The number of ether oxygens (including phenoxy) is 1. The molecule has 7 N–H and O–H groups in total. The quantitative estimate of drug-likeness (QED) is 0.0598. The molecule has 0 spiro atoms. The number of nitrogens with zero attached hydrogens (tertiary/aromatic N) is 1. The number of aromatic nitrogens is 1. The minimum absolute atomic E-state index is 0.124. The molecule has 0 radical (unpaired) electrons. The standard InChI is InChI=1S/C39H54IN3O7S/c1-22-19-38(5,48)34(45)23(2)33(44)24(3)36(47)50-37(40)39(6,49)35(46)25(4)43(21-22)17-11-16-41-20-26-18-29-27-12-7-9-14-30(27)51-31-15-10-8-13-28(31)32(29)42-26/h7-10,12-15,18,22-25,33-35,37,41-42,44-46,48-49H,11,16-17,19-21H2,1-6H3/t22-,23+,24-,25-,33+,34-,35-,37+,38-,39+/m1/s1. The molecule has 5 rings (SSSR count). The molecule has 3 heterocycles. The molecule has 280 valence electrons. The Balaban J connectivity index is 1.29.